The van der Waals surface area contributed by atoms with Gasteiger partial charge in [-0.1, -0.05) is 158 Å². The molecule has 0 amide bonds. The van der Waals surface area contributed by atoms with E-state index in [0.717, 1.165) is 50.5 Å². The third kappa shape index (κ3) is 6.46. The Morgan fingerprint density at radius 1 is 0.510 bits per heavy atom. The average molecular weight is 672 g/mol. The van der Waals surface area contributed by atoms with Gasteiger partial charge in [0.25, 0.3) is 0 Å². The standard InChI is InChI=1S/C49H37NS/c1-3-4-8-17-35(2)40-32-45(38-20-11-6-12-21-38)49(46(33-40)39-22-13-7-14-23-39)50(41-28-26-37(27-29-41)36-18-9-5-10-19-36)42-30-31-44-43-24-15-16-25-47(43)51-48(44)34-42/h3-34H,2H2,1H3/b4-3-,17-8-. The molecular weight excluding hydrogens is 635 g/mol. The van der Waals surface area contributed by atoms with Gasteiger partial charge in [0.2, 0.25) is 0 Å². The van der Waals surface area contributed by atoms with Crippen LogP contribution in [0, 0.1) is 0 Å². The van der Waals surface area contributed by atoms with Gasteiger partial charge >= 0.3 is 0 Å². The monoisotopic (exact) mass is 671 g/mol. The molecule has 1 aromatic heterocycles. The number of rotatable bonds is 9. The molecule has 51 heavy (non-hydrogen) atoms. The molecular formula is C49H37NS. The largest absolute Gasteiger partial charge is 0.309 e. The molecule has 1 nitrogen and oxygen atoms in total. The Balaban J connectivity index is 1.43. The van der Waals surface area contributed by atoms with E-state index in [4.69, 9.17) is 0 Å². The summed E-state index contributed by atoms with van der Waals surface area (Å²) in [5.74, 6) is 0. The highest BCUT2D eigenvalue weighted by atomic mass is 32.1. The number of hydrogen-bond donors (Lipinski definition) is 0. The lowest BCUT2D eigenvalue weighted by Crippen LogP contribution is -2.13. The first-order chi connectivity index (χ1) is 25.2. The molecule has 0 aliphatic rings. The van der Waals surface area contributed by atoms with Crippen molar-refractivity contribution in [2.75, 3.05) is 4.90 Å². The number of anilines is 3. The highest BCUT2D eigenvalue weighted by Crippen LogP contribution is 2.49. The van der Waals surface area contributed by atoms with E-state index >= 15 is 0 Å². The molecule has 0 saturated carbocycles. The maximum absolute atomic E-state index is 4.52. The Morgan fingerprint density at radius 2 is 1.04 bits per heavy atom. The van der Waals surface area contributed by atoms with Crippen LogP contribution >= 0.6 is 11.3 Å². The summed E-state index contributed by atoms with van der Waals surface area (Å²) in [5, 5.41) is 2.58. The minimum Gasteiger partial charge on any atom is -0.309 e. The summed E-state index contributed by atoms with van der Waals surface area (Å²) in [5.41, 5.74) is 12.3. The van der Waals surface area contributed by atoms with Gasteiger partial charge in [0.1, 0.15) is 0 Å². The lowest BCUT2D eigenvalue weighted by atomic mass is 9.89. The number of benzene rings is 7. The fourth-order valence-electron chi connectivity index (χ4n) is 6.81. The zero-order valence-corrected chi connectivity index (χ0v) is 29.4. The van der Waals surface area contributed by atoms with Crippen molar-refractivity contribution < 1.29 is 0 Å². The molecule has 1 heterocycles. The molecule has 0 saturated heterocycles. The molecule has 0 radical (unpaired) electrons. The third-order valence-electron chi connectivity index (χ3n) is 9.33. The van der Waals surface area contributed by atoms with Crippen molar-refractivity contribution in [3.05, 3.63) is 206 Å². The minimum absolute atomic E-state index is 0.958. The fourth-order valence-corrected chi connectivity index (χ4v) is 7.95. The van der Waals surface area contributed by atoms with Crippen molar-refractivity contribution in [3.63, 3.8) is 0 Å². The Labute approximate surface area is 304 Å². The van der Waals surface area contributed by atoms with Crippen LogP contribution in [0.5, 0.6) is 0 Å². The molecule has 0 aliphatic heterocycles. The van der Waals surface area contributed by atoms with Crippen molar-refractivity contribution >= 4 is 54.1 Å². The first-order valence-electron chi connectivity index (χ1n) is 17.3. The van der Waals surface area contributed by atoms with Crippen LogP contribution < -0.4 is 4.90 Å². The molecule has 7 aromatic carbocycles. The van der Waals surface area contributed by atoms with Gasteiger partial charge in [0, 0.05) is 42.7 Å². The van der Waals surface area contributed by atoms with E-state index in [1.165, 1.54) is 31.3 Å². The van der Waals surface area contributed by atoms with Gasteiger partial charge in [-0.05, 0) is 82.8 Å². The van der Waals surface area contributed by atoms with Crippen LogP contribution in [0.2, 0.25) is 0 Å². The van der Waals surface area contributed by atoms with Crippen molar-refractivity contribution in [2.24, 2.45) is 0 Å². The summed E-state index contributed by atoms with van der Waals surface area (Å²) >= 11 is 1.85. The molecule has 0 atom stereocenters. The molecule has 0 fully saturated rings. The Bertz CT molecular complexity index is 2460. The van der Waals surface area contributed by atoms with Gasteiger partial charge in [0.05, 0.1) is 5.69 Å². The van der Waals surface area contributed by atoms with E-state index in [1.807, 2.05) is 30.4 Å². The van der Waals surface area contributed by atoms with Gasteiger partial charge in [0.15, 0.2) is 0 Å². The normalized spacial score (nSPS) is 11.5. The first kappa shape index (κ1) is 32.0. The van der Waals surface area contributed by atoms with Gasteiger partial charge in [-0.25, -0.2) is 0 Å². The second-order valence-electron chi connectivity index (χ2n) is 12.6. The van der Waals surface area contributed by atoms with E-state index in [9.17, 15) is 0 Å². The van der Waals surface area contributed by atoms with Crippen molar-refractivity contribution in [2.45, 2.75) is 6.92 Å². The van der Waals surface area contributed by atoms with Gasteiger partial charge in [-0.15, -0.1) is 11.3 Å². The summed E-state index contributed by atoms with van der Waals surface area (Å²) in [4.78, 5) is 2.45. The van der Waals surface area contributed by atoms with Crippen molar-refractivity contribution in [3.8, 4) is 33.4 Å². The quantitative estimate of drug-likeness (QED) is 0.138. The van der Waals surface area contributed by atoms with E-state index in [0.29, 0.717) is 0 Å². The molecule has 0 unspecified atom stereocenters. The highest BCUT2D eigenvalue weighted by Gasteiger charge is 2.24. The second-order valence-corrected chi connectivity index (χ2v) is 13.7. The number of nitrogens with zero attached hydrogens (tertiary/aromatic N) is 1. The Kier molecular flexibility index (Phi) is 8.99. The van der Waals surface area contributed by atoms with Crippen molar-refractivity contribution in [1.82, 2.24) is 0 Å². The lowest BCUT2D eigenvalue weighted by Gasteiger charge is -2.31. The SMILES string of the molecule is C=C(/C=C\C=C/C)c1cc(-c2ccccc2)c(N(c2ccc(-c3ccccc3)cc2)c2ccc3c(c2)sc2ccccc23)c(-c2ccccc2)c1. The predicted molar refractivity (Wildman–Crippen MR) is 223 cm³/mol. The molecule has 0 spiro atoms. The molecule has 244 valence electrons. The third-order valence-corrected chi connectivity index (χ3v) is 10.5. The fraction of sp³-hybridized carbons (Fsp3) is 0.0204. The van der Waals surface area contributed by atoms with Crippen LogP contribution in [0.1, 0.15) is 12.5 Å². The van der Waals surface area contributed by atoms with E-state index in [2.05, 4.69) is 193 Å². The molecule has 0 aliphatic carbocycles. The minimum atomic E-state index is 0.958. The topological polar surface area (TPSA) is 3.24 Å². The number of hydrogen-bond acceptors (Lipinski definition) is 2. The smallest absolute Gasteiger partial charge is 0.0618 e. The van der Waals surface area contributed by atoms with Crippen LogP contribution in [0.4, 0.5) is 17.1 Å². The maximum Gasteiger partial charge on any atom is 0.0618 e. The zero-order valence-electron chi connectivity index (χ0n) is 28.5. The van der Waals surface area contributed by atoms with Crippen LogP contribution in [0.15, 0.2) is 201 Å². The maximum atomic E-state index is 4.52. The number of thiophene rings is 1. The highest BCUT2D eigenvalue weighted by molar-refractivity contribution is 7.25. The molecule has 0 bridgehead atoms. The molecule has 8 aromatic rings. The Morgan fingerprint density at radius 3 is 1.67 bits per heavy atom. The average Bonchev–Trinajstić information content (AvgIpc) is 3.57. The summed E-state index contributed by atoms with van der Waals surface area (Å²) in [6, 6.07) is 61.3. The first-order valence-corrected chi connectivity index (χ1v) is 18.1. The number of fused-ring (bicyclic) bond motifs is 3. The molecule has 2 heteroatoms. The molecule has 8 rings (SSSR count). The van der Waals surface area contributed by atoms with E-state index in [1.54, 1.807) is 0 Å². The lowest BCUT2D eigenvalue weighted by molar-refractivity contribution is 1.29. The zero-order chi connectivity index (χ0) is 34.6. The number of allylic oxidation sites excluding steroid dienone is 5. The Hall–Kier alpha value is -6.22. The van der Waals surface area contributed by atoms with E-state index < -0.39 is 0 Å². The summed E-state index contributed by atoms with van der Waals surface area (Å²) in [6.45, 7) is 6.55. The van der Waals surface area contributed by atoms with Crippen molar-refractivity contribution in [1.29, 1.82) is 0 Å². The summed E-state index contributed by atoms with van der Waals surface area (Å²) in [7, 11) is 0. The van der Waals surface area contributed by atoms with Crippen LogP contribution in [-0.2, 0) is 0 Å². The van der Waals surface area contributed by atoms with E-state index in [-0.39, 0.29) is 0 Å². The van der Waals surface area contributed by atoms with Crippen LogP contribution in [-0.4, -0.2) is 0 Å². The summed E-state index contributed by atoms with van der Waals surface area (Å²) in [6.07, 6.45) is 8.22. The molecule has 0 N–H and O–H groups in total. The summed E-state index contributed by atoms with van der Waals surface area (Å²) < 4.78 is 2.56. The van der Waals surface area contributed by atoms with Crippen LogP contribution in [0.25, 0.3) is 59.1 Å². The van der Waals surface area contributed by atoms with Gasteiger partial charge in [-0.2, -0.15) is 0 Å². The predicted octanol–water partition coefficient (Wildman–Crippen LogP) is 14.7. The van der Waals surface area contributed by atoms with Crippen LogP contribution in [0.3, 0.4) is 0 Å². The van der Waals surface area contributed by atoms with Gasteiger partial charge < -0.3 is 4.90 Å². The second kappa shape index (κ2) is 14.3. The van der Waals surface area contributed by atoms with Gasteiger partial charge in [-0.3, -0.25) is 0 Å².